The van der Waals surface area contributed by atoms with Gasteiger partial charge in [0.05, 0.1) is 40.1 Å². The van der Waals surface area contributed by atoms with Crippen molar-refractivity contribution in [3.8, 4) is 23.0 Å². The topological polar surface area (TPSA) is 77.5 Å². The molecule has 2 aromatic rings. The average Bonchev–Trinajstić information content (AvgIpc) is 2.89. The van der Waals surface area contributed by atoms with Gasteiger partial charge in [0.25, 0.3) is 0 Å². The van der Waals surface area contributed by atoms with Gasteiger partial charge in [0.15, 0.2) is 11.5 Å². The van der Waals surface area contributed by atoms with Crippen LogP contribution in [0.2, 0.25) is 0 Å². The number of hydrogen-bond donors (Lipinski definition) is 1. The van der Waals surface area contributed by atoms with Crippen molar-refractivity contribution >= 4 is 12.0 Å². The standard InChI is InChI=1S/C28H35NO6/c1-32-22-11-6-5-9-20(22)26-21-10-7-8-14-28(21,31)15-16-29(26)25(30)13-12-19-17-23(33-2)27(35-4)24(18-19)34-3/h5-6,9,11-13,17-18,21,26,31H,7-8,10,14-16H2,1-4H3. The number of aliphatic hydroxyl groups is 1. The first kappa shape index (κ1) is 24.9. The van der Waals surface area contributed by atoms with Crippen LogP contribution in [0.1, 0.15) is 49.3 Å². The molecule has 1 aliphatic carbocycles. The quantitative estimate of drug-likeness (QED) is 0.581. The van der Waals surface area contributed by atoms with Gasteiger partial charge < -0.3 is 29.0 Å². The Morgan fingerprint density at radius 3 is 2.31 bits per heavy atom. The van der Waals surface area contributed by atoms with Gasteiger partial charge in [0.1, 0.15) is 5.75 Å². The van der Waals surface area contributed by atoms with Gasteiger partial charge in [-0.1, -0.05) is 31.0 Å². The largest absolute Gasteiger partial charge is 0.496 e. The van der Waals surface area contributed by atoms with Crippen LogP contribution in [0.5, 0.6) is 23.0 Å². The molecule has 3 unspecified atom stereocenters. The summed E-state index contributed by atoms with van der Waals surface area (Å²) in [5, 5.41) is 11.5. The van der Waals surface area contributed by atoms with E-state index in [0.29, 0.717) is 30.2 Å². The Hall–Kier alpha value is -3.19. The number of para-hydroxylation sites is 1. The van der Waals surface area contributed by atoms with Crippen molar-refractivity contribution in [1.82, 2.24) is 4.90 Å². The summed E-state index contributed by atoms with van der Waals surface area (Å²) in [5.41, 5.74) is 0.934. The first-order chi connectivity index (χ1) is 17.0. The lowest BCUT2D eigenvalue weighted by Crippen LogP contribution is -2.56. The molecule has 35 heavy (non-hydrogen) atoms. The number of amides is 1. The number of benzene rings is 2. The minimum atomic E-state index is -0.763. The van der Waals surface area contributed by atoms with Gasteiger partial charge in [-0.3, -0.25) is 4.79 Å². The van der Waals surface area contributed by atoms with Crippen molar-refractivity contribution in [1.29, 1.82) is 0 Å². The Bertz CT molecular complexity index is 1060. The summed E-state index contributed by atoms with van der Waals surface area (Å²) in [7, 11) is 6.32. The smallest absolute Gasteiger partial charge is 0.247 e. The van der Waals surface area contributed by atoms with Gasteiger partial charge in [-0.05, 0) is 49.1 Å². The second kappa shape index (κ2) is 10.6. The molecule has 0 spiro atoms. The van der Waals surface area contributed by atoms with Crippen LogP contribution in [0.3, 0.4) is 0 Å². The molecular weight excluding hydrogens is 446 g/mol. The number of hydrogen-bond acceptors (Lipinski definition) is 6. The third-order valence-corrected chi connectivity index (χ3v) is 7.41. The van der Waals surface area contributed by atoms with Gasteiger partial charge in [0, 0.05) is 24.1 Å². The first-order valence-electron chi connectivity index (χ1n) is 12.1. The third-order valence-electron chi connectivity index (χ3n) is 7.41. The highest BCUT2D eigenvalue weighted by Gasteiger charge is 2.50. The maximum absolute atomic E-state index is 13.6. The van der Waals surface area contributed by atoms with Gasteiger partial charge in [-0.15, -0.1) is 0 Å². The number of carbonyl (C=O) groups is 1. The SMILES string of the molecule is COc1ccccc1C1C2CCCCC2(O)CCN1C(=O)C=Cc1cc(OC)c(OC)c(OC)c1. The van der Waals surface area contributed by atoms with E-state index in [1.165, 1.54) is 0 Å². The van der Waals surface area contributed by atoms with Crippen molar-refractivity contribution in [2.45, 2.75) is 43.7 Å². The number of fused-ring (bicyclic) bond motifs is 1. The summed E-state index contributed by atoms with van der Waals surface area (Å²) in [4.78, 5) is 15.5. The zero-order valence-electron chi connectivity index (χ0n) is 21.0. The van der Waals surface area contributed by atoms with Crippen LogP contribution in [0.25, 0.3) is 6.08 Å². The predicted molar refractivity (Wildman–Crippen MR) is 134 cm³/mol. The number of likely N-dealkylation sites (tertiary alicyclic amines) is 1. The summed E-state index contributed by atoms with van der Waals surface area (Å²) >= 11 is 0. The van der Waals surface area contributed by atoms with Gasteiger partial charge >= 0.3 is 0 Å². The Morgan fingerprint density at radius 1 is 0.971 bits per heavy atom. The summed E-state index contributed by atoms with van der Waals surface area (Å²) in [6, 6.07) is 11.2. The van der Waals surface area contributed by atoms with E-state index in [1.54, 1.807) is 52.7 Å². The highest BCUT2D eigenvalue weighted by Crippen LogP contribution is 2.51. The molecular formula is C28H35NO6. The second-order valence-electron chi connectivity index (χ2n) is 9.22. The van der Waals surface area contributed by atoms with Gasteiger partial charge in [0.2, 0.25) is 11.7 Å². The minimum absolute atomic E-state index is 0.0418. The van der Waals surface area contributed by atoms with Crippen LogP contribution in [-0.2, 0) is 4.79 Å². The number of piperidine rings is 1. The van der Waals surface area contributed by atoms with Crippen LogP contribution < -0.4 is 18.9 Å². The van der Waals surface area contributed by atoms with E-state index in [1.807, 2.05) is 29.2 Å². The molecule has 7 nitrogen and oxygen atoms in total. The normalized spacial score (nSPS) is 24.1. The molecule has 4 rings (SSSR count). The van der Waals surface area contributed by atoms with Crippen molar-refractivity contribution in [3.05, 3.63) is 53.6 Å². The molecule has 0 bridgehead atoms. The molecule has 7 heteroatoms. The summed E-state index contributed by atoms with van der Waals surface area (Å²) < 4.78 is 21.9. The van der Waals surface area contributed by atoms with Crippen LogP contribution in [0, 0.1) is 5.92 Å². The molecule has 188 valence electrons. The van der Waals surface area contributed by atoms with E-state index >= 15 is 0 Å². The van der Waals surface area contributed by atoms with Crippen molar-refractivity contribution < 1.29 is 28.8 Å². The van der Waals surface area contributed by atoms with Gasteiger partial charge in [-0.25, -0.2) is 0 Å². The summed E-state index contributed by atoms with van der Waals surface area (Å²) in [6.45, 7) is 0.480. The maximum atomic E-state index is 13.6. The molecule has 1 N–H and O–H groups in total. The number of nitrogens with zero attached hydrogens (tertiary/aromatic N) is 1. The number of ether oxygens (including phenoxy) is 4. The highest BCUT2D eigenvalue weighted by molar-refractivity contribution is 5.92. The summed E-state index contributed by atoms with van der Waals surface area (Å²) in [6.07, 6.45) is 7.62. The lowest BCUT2D eigenvalue weighted by molar-refractivity contribution is -0.151. The van der Waals surface area contributed by atoms with E-state index < -0.39 is 5.60 Å². The Balaban J connectivity index is 1.68. The molecule has 2 fully saturated rings. The number of carbonyl (C=O) groups excluding carboxylic acids is 1. The van der Waals surface area contributed by atoms with E-state index in [9.17, 15) is 9.90 Å². The van der Waals surface area contributed by atoms with Crippen molar-refractivity contribution in [2.75, 3.05) is 35.0 Å². The fraction of sp³-hybridized carbons (Fsp3) is 0.464. The molecule has 1 amide bonds. The van der Waals surface area contributed by atoms with E-state index in [-0.39, 0.29) is 17.9 Å². The van der Waals surface area contributed by atoms with Crippen molar-refractivity contribution in [2.24, 2.45) is 5.92 Å². The average molecular weight is 482 g/mol. The lowest BCUT2D eigenvalue weighted by atomic mass is 9.66. The monoisotopic (exact) mass is 481 g/mol. The molecule has 0 radical (unpaired) electrons. The second-order valence-corrected chi connectivity index (χ2v) is 9.22. The van der Waals surface area contributed by atoms with Crippen LogP contribution >= 0.6 is 0 Å². The van der Waals surface area contributed by atoms with Crippen LogP contribution in [-0.4, -0.2) is 56.5 Å². The first-order valence-corrected chi connectivity index (χ1v) is 12.1. The highest BCUT2D eigenvalue weighted by atomic mass is 16.5. The summed E-state index contributed by atoms with van der Waals surface area (Å²) in [5.74, 6) is 2.13. The number of rotatable bonds is 7. The minimum Gasteiger partial charge on any atom is -0.496 e. The van der Waals surface area contributed by atoms with Crippen LogP contribution in [0.15, 0.2) is 42.5 Å². The molecule has 1 aliphatic heterocycles. The molecule has 3 atom stereocenters. The fourth-order valence-electron chi connectivity index (χ4n) is 5.69. The van der Waals surface area contributed by atoms with E-state index in [4.69, 9.17) is 18.9 Å². The molecule has 1 saturated heterocycles. The zero-order valence-corrected chi connectivity index (χ0v) is 21.0. The molecule has 2 aromatic carbocycles. The molecule has 1 saturated carbocycles. The van der Waals surface area contributed by atoms with Crippen molar-refractivity contribution in [3.63, 3.8) is 0 Å². The predicted octanol–water partition coefficient (Wildman–Crippen LogP) is 4.63. The third kappa shape index (κ3) is 4.82. The Morgan fingerprint density at radius 2 is 1.66 bits per heavy atom. The fourth-order valence-corrected chi connectivity index (χ4v) is 5.69. The Kier molecular flexibility index (Phi) is 7.55. The lowest BCUT2D eigenvalue weighted by Gasteiger charge is -2.52. The Labute approximate surface area is 207 Å². The van der Waals surface area contributed by atoms with E-state index in [0.717, 1.165) is 42.6 Å². The molecule has 1 heterocycles. The molecule has 2 aliphatic rings. The van der Waals surface area contributed by atoms with Gasteiger partial charge in [-0.2, -0.15) is 0 Å². The number of methoxy groups -OCH3 is 4. The molecule has 0 aromatic heterocycles. The maximum Gasteiger partial charge on any atom is 0.247 e. The zero-order chi connectivity index (χ0) is 25.0. The van der Waals surface area contributed by atoms with E-state index in [2.05, 4.69) is 0 Å². The van der Waals surface area contributed by atoms with Crippen LogP contribution in [0.4, 0.5) is 0 Å².